The SMILES string of the molecule is CN(C)C(=O)c1ccc(N2CCC(CCCN(C)C(=O)[C@](O)(c3ccccc3)C(F)(F)F)CC2)nc1Cl. The van der Waals surface area contributed by atoms with Crippen LogP contribution >= 0.6 is 11.6 Å². The summed E-state index contributed by atoms with van der Waals surface area (Å²) < 4.78 is 41.3. The molecular formula is C26H32ClF3N4O3. The van der Waals surface area contributed by atoms with E-state index in [0.29, 0.717) is 23.7 Å². The van der Waals surface area contributed by atoms with E-state index in [-0.39, 0.29) is 17.6 Å². The minimum atomic E-state index is -5.15. The van der Waals surface area contributed by atoms with Crippen molar-refractivity contribution in [1.82, 2.24) is 14.8 Å². The molecule has 1 atom stereocenters. The molecule has 2 heterocycles. The topological polar surface area (TPSA) is 77.0 Å². The van der Waals surface area contributed by atoms with E-state index in [4.69, 9.17) is 11.6 Å². The molecule has 1 aliphatic heterocycles. The molecule has 1 N–H and O–H groups in total. The Labute approximate surface area is 219 Å². The predicted molar refractivity (Wildman–Crippen MR) is 135 cm³/mol. The summed E-state index contributed by atoms with van der Waals surface area (Å²) >= 11 is 6.23. The first-order chi connectivity index (χ1) is 17.4. The highest BCUT2D eigenvalue weighted by molar-refractivity contribution is 6.32. The van der Waals surface area contributed by atoms with Crippen LogP contribution in [0.25, 0.3) is 0 Å². The first kappa shape index (κ1) is 28.7. The van der Waals surface area contributed by atoms with Crippen molar-refractivity contribution in [3.8, 4) is 0 Å². The zero-order chi connectivity index (χ0) is 27.4. The Morgan fingerprint density at radius 2 is 1.70 bits per heavy atom. The number of aromatic nitrogens is 1. The maximum atomic E-state index is 13.8. The minimum Gasteiger partial charge on any atom is -0.369 e. The van der Waals surface area contributed by atoms with Gasteiger partial charge in [0.2, 0.25) is 0 Å². The van der Waals surface area contributed by atoms with Gasteiger partial charge in [-0.1, -0.05) is 41.9 Å². The van der Waals surface area contributed by atoms with Crippen molar-refractivity contribution >= 4 is 29.2 Å². The molecule has 7 nitrogen and oxygen atoms in total. The molecule has 1 aliphatic rings. The number of hydrogen-bond donors (Lipinski definition) is 1. The standard InChI is InChI=1S/C26H32ClF3N4O3/c1-32(2)23(35)20-11-12-21(31-22(20)27)34-16-13-18(14-17-34)8-7-15-33(3)24(36)25(37,26(28,29)30)19-9-5-4-6-10-19/h4-6,9-12,18,37H,7-8,13-17H2,1-3H3/t25-/m1/s1. The summed E-state index contributed by atoms with van der Waals surface area (Å²) in [5, 5.41) is 10.6. The number of benzene rings is 1. The maximum absolute atomic E-state index is 13.8. The van der Waals surface area contributed by atoms with Gasteiger partial charge in [0, 0.05) is 46.3 Å². The van der Waals surface area contributed by atoms with Crippen LogP contribution in [0, 0.1) is 5.92 Å². The third kappa shape index (κ3) is 6.35. The van der Waals surface area contributed by atoms with Gasteiger partial charge in [-0.3, -0.25) is 9.59 Å². The van der Waals surface area contributed by atoms with E-state index in [2.05, 4.69) is 9.88 Å². The number of pyridine rings is 1. The Balaban J connectivity index is 1.52. The van der Waals surface area contributed by atoms with Crippen molar-refractivity contribution in [3.63, 3.8) is 0 Å². The Kier molecular flexibility index (Phi) is 9.07. The smallest absolute Gasteiger partial charge is 0.369 e. The number of amides is 2. The summed E-state index contributed by atoms with van der Waals surface area (Å²) in [5.74, 6) is -0.569. The molecular weight excluding hydrogens is 509 g/mol. The maximum Gasteiger partial charge on any atom is 0.430 e. The third-order valence-electron chi connectivity index (χ3n) is 6.77. The number of aliphatic hydroxyl groups is 1. The van der Waals surface area contributed by atoms with Gasteiger partial charge in [-0.2, -0.15) is 13.2 Å². The number of carbonyl (C=O) groups is 2. The fourth-order valence-corrected chi connectivity index (χ4v) is 4.77. The molecule has 3 rings (SSSR count). The van der Waals surface area contributed by atoms with Crippen LogP contribution < -0.4 is 4.90 Å². The molecule has 0 bridgehead atoms. The molecule has 2 aromatic rings. The van der Waals surface area contributed by atoms with Crippen LogP contribution in [0.5, 0.6) is 0 Å². The van der Waals surface area contributed by atoms with Crippen molar-refractivity contribution in [2.75, 3.05) is 45.7 Å². The molecule has 2 amide bonds. The molecule has 1 aromatic carbocycles. The van der Waals surface area contributed by atoms with E-state index in [1.807, 2.05) is 0 Å². The van der Waals surface area contributed by atoms with Crippen molar-refractivity contribution in [2.24, 2.45) is 5.92 Å². The van der Waals surface area contributed by atoms with Gasteiger partial charge in [0.25, 0.3) is 17.4 Å². The summed E-state index contributed by atoms with van der Waals surface area (Å²) in [6.45, 7) is 1.56. The van der Waals surface area contributed by atoms with Crippen LogP contribution in [0.3, 0.4) is 0 Å². The minimum absolute atomic E-state index is 0.100. The number of alkyl halides is 3. The highest BCUT2D eigenvalue weighted by Crippen LogP contribution is 2.40. The number of rotatable bonds is 8. The average Bonchev–Trinajstić information content (AvgIpc) is 2.87. The molecule has 37 heavy (non-hydrogen) atoms. The number of likely N-dealkylation sites (N-methyl/N-ethyl adjacent to an activating group) is 1. The van der Waals surface area contributed by atoms with E-state index in [0.717, 1.165) is 49.4 Å². The van der Waals surface area contributed by atoms with Gasteiger partial charge in [-0.25, -0.2) is 4.98 Å². The first-order valence-corrected chi connectivity index (χ1v) is 12.5. The van der Waals surface area contributed by atoms with Crippen molar-refractivity contribution in [2.45, 2.75) is 37.5 Å². The van der Waals surface area contributed by atoms with Crippen molar-refractivity contribution < 1.29 is 27.9 Å². The van der Waals surface area contributed by atoms with E-state index in [9.17, 15) is 27.9 Å². The van der Waals surface area contributed by atoms with Crippen molar-refractivity contribution in [3.05, 3.63) is 58.7 Å². The van der Waals surface area contributed by atoms with Gasteiger partial charge in [0.15, 0.2) is 0 Å². The predicted octanol–water partition coefficient (Wildman–Crippen LogP) is 4.34. The first-order valence-electron chi connectivity index (χ1n) is 12.1. The summed E-state index contributed by atoms with van der Waals surface area (Å²) in [4.78, 5) is 33.8. The Morgan fingerprint density at radius 1 is 1.08 bits per heavy atom. The van der Waals surface area contributed by atoms with Crippen molar-refractivity contribution in [1.29, 1.82) is 0 Å². The number of anilines is 1. The van der Waals surface area contributed by atoms with Crippen LogP contribution in [0.15, 0.2) is 42.5 Å². The zero-order valence-electron chi connectivity index (χ0n) is 21.1. The molecule has 0 aliphatic carbocycles. The van der Waals surface area contributed by atoms with Gasteiger partial charge in [0.1, 0.15) is 11.0 Å². The van der Waals surface area contributed by atoms with Crippen LogP contribution in [0.4, 0.5) is 19.0 Å². The molecule has 202 valence electrons. The lowest BCUT2D eigenvalue weighted by Crippen LogP contribution is -2.55. The highest BCUT2D eigenvalue weighted by atomic mass is 35.5. The number of carbonyl (C=O) groups excluding carboxylic acids is 2. The van der Waals surface area contributed by atoms with Gasteiger partial charge < -0.3 is 19.8 Å². The highest BCUT2D eigenvalue weighted by Gasteiger charge is 2.61. The van der Waals surface area contributed by atoms with E-state index in [1.165, 1.54) is 30.1 Å². The monoisotopic (exact) mass is 540 g/mol. The Bertz CT molecular complexity index is 1090. The summed E-state index contributed by atoms with van der Waals surface area (Å²) in [5.41, 5.74) is -3.75. The molecule has 1 fully saturated rings. The summed E-state index contributed by atoms with van der Waals surface area (Å²) in [7, 11) is 4.57. The number of halogens is 4. The quantitative estimate of drug-likeness (QED) is 0.504. The largest absolute Gasteiger partial charge is 0.430 e. The van der Waals surface area contributed by atoms with Crippen LogP contribution in [0.2, 0.25) is 5.15 Å². The number of hydrogen-bond acceptors (Lipinski definition) is 5. The van der Waals surface area contributed by atoms with Crippen LogP contribution in [-0.2, 0) is 10.4 Å². The Morgan fingerprint density at radius 3 is 2.24 bits per heavy atom. The molecule has 1 aromatic heterocycles. The number of piperidine rings is 1. The molecule has 0 saturated carbocycles. The fraction of sp³-hybridized carbons (Fsp3) is 0.500. The van der Waals surface area contributed by atoms with Gasteiger partial charge in [-0.05, 0) is 43.7 Å². The fourth-order valence-electron chi connectivity index (χ4n) is 4.53. The molecule has 11 heteroatoms. The molecule has 0 spiro atoms. The zero-order valence-corrected chi connectivity index (χ0v) is 21.9. The Hall–Kier alpha value is -2.85. The third-order valence-corrected chi connectivity index (χ3v) is 7.06. The number of nitrogens with zero attached hydrogens (tertiary/aromatic N) is 4. The molecule has 1 saturated heterocycles. The lowest BCUT2D eigenvalue weighted by Gasteiger charge is -2.34. The second-order valence-electron chi connectivity index (χ2n) is 9.58. The van der Waals surface area contributed by atoms with Gasteiger partial charge in [-0.15, -0.1) is 0 Å². The van der Waals surface area contributed by atoms with E-state index >= 15 is 0 Å². The van der Waals surface area contributed by atoms with E-state index < -0.39 is 23.2 Å². The lowest BCUT2D eigenvalue weighted by molar-refractivity contribution is -0.261. The van der Waals surface area contributed by atoms with E-state index in [1.54, 1.807) is 26.2 Å². The van der Waals surface area contributed by atoms with Crippen LogP contribution in [0.1, 0.15) is 41.6 Å². The molecule has 0 unspecified atom stereocenters. The second kappa shape index (κ2) is 11.7. The summed E-state index contributed by atoms with van der Waals surface area (Å²) in [6.07, 6.45) is -2.19. The van der Waals surface area contributed by atoms with Crippen LogP contribution in [-0.4, -0.2) is 78.7 Å². The summed E-state index contributed by atoms with van der Waals surface area (Å²) in [6, 6.07) is 9.87. The molecule has 0 radical (unpaired) electrons. The normalized spacial score (nSPS) is 16.3. The van der Waals surface area contributed by atoms with Gasteiger partial charge in [0.05, 0.1) is 5.56 Å². The van der Waals surface area contributed by atoms with Gasteiger partial charge >= 0.3 is 6.18 Å². The average molecular weight is 541 g/mol. The second-order valence-corrected chi connectivity index (χ2v) is 9.94. The lowest BCUT2D eigenvalue weighted by atomic mass is 9.90.